The van der Waals surface area contributed by atoms with Crippen LogP contribution in [0.25, 0.3) is 0 Å². The highest BCUT2D eigenvalue weighted by molar-refractivity contribution is 6.30. The van der Waals surface area contributed by atoms with E-state index in [0.29, 0.717) is 13.0 Å². The first-order valence-electron chi connectivity index (χ1n) is 12.8. The molecule has 5 fully saturated rings. The molecule has 33 heavy (non-hydrogen) atoms. The van der Waals surface area contributed by atoms with Gasteiger partial charge in [-0.1, -0.05) is 23.7 Å². The zero-order valence-electron chi connectivity index (χ0n) is 19.5. The second-order valence-corrected chi connectivity index (χ2v) is 11.4. The van der Waals surface area contributed by atoms with Gasteiger partial charge in [-0.2, -0.15) is 0 Å². The lowest BCUT2D eigenvalue weighted by Crippen LogP contribution is -2.61. The van der Waals surface area contributed by atoms with Crippen molar-refractivity contribution in [2.24, 2.45) is 17.8 Å². The van der Waals surface area contributed by atoms with Crippen LogP contribution in [0, 0.1) is 17.8 Å². The number of hydrogen-bond acceptors (Lipinski definition) is 3. The number of hydrogen-bond donors (Lipinski definition) is 2. The first-order chi connectivity index (χ1) is 16.0. The van der Waals surface area contributed by atoms with Crippen LogP contribution in [-0.4, -0.2) is 60.0 Å². The van der Waals surface area contributed by atoms with Crippen LogP contribution in [0.1, 0.15) is 56.9 Å². The molecule has 5 aliphatic rings. The predicted molar refractivity (Wildman–Crippen MR) is 130 cm³/mol. The number of halogens is 1. The third-order valence-electron chi connectivity index (χ3n) is 8.30. The summed E-state index contributed by atoms with van der Waals surface area (Å²) in [6.45, 7) is 4.67. The van der Waals surface area contributed by atoms with Crippen molar-refractivity contribution in [3.8, 4) is 0 Å². The standard InChI is InChI=1S/C26H37ClN4O2/c27-23-4-2-19(3-5-23)18-30-8-1-9-31(11-10-30)24(32)6-7-28-25(33)29-26-15-20-12-21(16-26)14-22(13-20)17-26/h2-5,20-22H,1,6-18H2,(H2,28,29,33). The highest BCUT2D eigenvalue weighted by atomic mass is 35.5. The topological polar surface area (TPSA) is 64.7 Å². The monoisotopic (exact) mass is 472 g/mol. The zero-order chi connectivity index (χ0) is 22.8. The van der Waals surface area contributed by atoms with Gasteiger partial charge < -0.3 is 15.5 Å². The second-order valence-electron chi connectivity index (χ2n) is 11.0. The van der Waals surface area contributed by atoms with Crippen molar-refractivity contribution in [2.45, 2.75) is 63.5 Å². The SMILES string of the molecule is O=C(NCCC(=O)N1CCCN(Cc2ccc(Cl)cc2)CC1)NC12CC3CC(CC(C3)C1)C2. The maximum Gasteiger partial charge on any atom is 0.315 e. The lowest BCUT2D eigenvalue weighted by Gasteiger charge is -2.56. The molecule has 4 saturated carbocycles. The summed E-state index contributed by atoms with van der Waals surface area (Å²) in [4.78, 5) is 29.7. The Morgan fingerprint density at radius 3 is 2.27 bits per heavy atom. The van der Waals surface area contributed by atoms with Gasteiger partial charge in [0.15, 0.2) is 0 Å². The number of benzene rings is 1. The van der Waals surface area contributed by atoms with Crippen molar-refractivity contribution >= 4 is 23.5 Å². The molecular weight excluding hydrogens is 436 g/mol. The summed E-state index contributed by atoms with van der Waals surface area (Å²) in [5.41, 5.74) is 1.26. The molecule has 3 amide bonds. The Kier molecular flexibility index (Phi) is 6.84. The number of carbonyl (C=O) groups excluding carboxylic acids is 2. The van der Waals surface area contributed by atoms with Gasteiger partial charge in [-0.15, -0.1) is 0 Å². The number of nitrogens with zero attached hydrogens (tertiary/aromatic N) is 2. The van der Waals surface area contributed by atoms with Crippen LogP contribution in [0.4, 0.5) is 4.79 Å². The Bertz CT molecular complexity index is 823. The molecule has 1 heterocycles. The molecule has 0 radical (unpaired) electrons. The first kappa shape index (κ1) is 23.0. The Balaban J connectivity index is 1.03. The molecule has 1 saturated heterocycles. The fraction of sp³-hybridized carbons (Fsp3) is 0.692. The van der Waals surface area contributed by atoms with E-state index in [9.17, 15) is 9.59 Å². The van der Waals surface area contributed by atoms with E-state index in [-0.39, 0.29) is 17.5 Å². The Labute approximate surface area is 202 Å². The van der Waals surface area contributed by atoms with Crippen molar-refractivity contribution in [3.63, 3.8) is 0 Å². The van der Waals surface area contributed by atoms with Gasteiger partial charge >= 0.3 is 6.03 Å². The Hall–Kier alpha value is -1.79. The van der Waals surface area contributed by atoms with E-state index in [1.807, 2.05) is 17.0 Å². The van der Waals surface area contributed by atoms with Gasteiger partial charge in [0.25, 0.3) is 0 Å². The lowest BCUT2D eigenvalue weighted by atomic mass is 9.53. The van der Waals surface area contributed by atoms with Crippen molar-refractivity contribution in [3.05, 3.63) is 34.9 Å². The molecule has 6 rings (SSSR count). The van der Waals surface area contributed by atoms with Crippen molar-refractivity contribution in [1.29, 1.82) is 0 Å². The molecular formula is C26H37ClN4O2. The summed E-state index contributed by atoms with van der Waals surface area (Å²) in [6.07, 6.45) is 8.87. The van der Waals surface area contributed by atoms with E-state index < -0.39 is 0 Å². The molecule has 1 aromatic rings. The van der Waals surface area contributed by atoms with Gasteiger partial charge in [-0.05, 0) is 80.4 Å². The summed E-state index contributed by atoms with van der Waals surface area (Å²) in [6, 6.07) is 7.90. The van der Waals surface area contributed by atoms with Crippen LogP contribution < -0.4 is 10.6 Å². The normalized spacial score (nSPS) is 31.3. The van der Waals surface area contributed by atoms with Crippen molar-refractivity contribution in [2.75, 3.05) is 32.7 Å². The molecule has 4 aliphatic carbocycles. The van der Waals surface area contributed by atoms with Crippen LogP contribution in [-0.2, 0) is 11.3 Å². The molecule has 7 heteroatoms. The van der Waals surface area contributed by atoms with Crippen molar-refractivity contribution in [1.82, 2.24) is 20.4 Å². The fourth-order valence-electron chi connectivity index (χ4n) is 7.22. The highest BCUT2D eigenvalue weighted by Gasteiger charge is 2.51. The lowest BCUT2D eigenvalue weighted by molar-refractivity contribution is -0.130. The van der Waals surface area contributed by atoms with E-state index in [1.54, 1.807) is 0 Å². The molecule has 0 atom stereocenters. The van der Waals surface area contributed by atoms with E-state index >= 15 is 0 Å². The highest BCUT2D eigenvalue weighted by Crippen LogP contribution is 2.55. The smallest absolute Gasteiger partial charge is 0.315 e. The summed E-state index contributed by atoms with van der Waals surface area (Å²) >= 11 is 5.99. The summed E-state index contributed by atoms with van der Waals surface area (Å²) in [7, 11) is 0. The molecule has 1 aromatic carbocycles. The average Bonchev–Trinajstić information content (AvgIpc) is 2.99. The van der Waals surface area contributed by atoms with E-state index in [0.717, 1.165) is 81.2 Å². The van der Waals surface area contributed by atoms with Gasteiger partial charge in [0.05, 0.1) is 0 Å². The number of nitrogens with one attached hydrogen (secondary N) is 2. The molecule has 0 aromatic heterocycles. The number of rotatable bonds is 6. The Morgan fingerprint density at radius 2 is 1.61 bits per heavy atom. The van der Waals surface area contributed by atoms with Crippen LogP contribution in [0.2, 0.25) is 5.02 Å². The van der Waals surface area contributed by atoms with E-state index in [2.05, 4.69) is 27.7 Å². The summed E-state index contributed by atoms with van der Waals surface area (Å²) in [5, 5.41) is 7.06. The van der Waals surface area contributed by atoms with Gasteiger partial charge in [-0.25, -0.2) is 4.79 Å². The van der Waals surface area contributed by atoms with Crippen LogP contribution in [0.5, 0.6) is 0 Å². The first-order valence-corrected chi connectivity index (χ1v) is 13.1. The van der Waals surface area contributed by atoms with Crippen LogP contribution in [0.15, 0.2) is 24.3 Å². The largest absolute Gasteiger partial charge is 0.341 e. The second kappa shape index (κ2) is 9.83. The van der Waals surface area contributed by atoms with Gasteiger partial charge in [0.2, 0.25) is 5.91 Å². The average molecular weight is 473 g/mol. The minimum atomic E-state index is -0.0882. The minimum Gasteiger partial charge on any atom is -0.341 e. The maximum absolute atomic E-state index is 12.8. The molecule has 0 unspecified atom stereocenters. The number of amides is 3. The third kappa shape index (κ3) is 5.65. The molecule has 4 bridgehead atoms. The Morgan fingerprint density at radius 1 is 0.939 bits per heavy atom. The van der Waals surface area contributed by atoms with E-state index in [1.165, 1.54) is 24.8 Å². The molecule has 2 N–H and O–H groups in total. The summed E-state index contributed by atoms with van der Waals surface area (Å²) < 4.78 is 0. The molecule has 1 aliphatic heterocycles. The fourth-order valence-corrected chi connectivity index (χ4v) is 7.34. The van der Waals surface area contributed by atoms with E-state index in [4.69, 9.17) is 11.6 Å². The van der Waals surface area contributed by atoms with Crippen molar-refractivity contribution < 1.29 is 9.59 Å². The van der Waals surface area contributed by atoms with Crippen LogP contribution in [0.3, 0.4) is 0 Å². The number of carbonyl (C=O) groups is 2. The quantitative estimate of drug-likeness (QED) is 0.656. The predicted octanol–water partition coefficient (Wildman–Crippen LogP) is 4.03. The van der Waals surface area contributed by atoms with Gasteiger partial charge in [-0.3, -0.25) is 9.69 Å². The van der Waals surface area contributed by atoms with Gasteiger partial charge in [0, 0.05) is 56.3 Å². The molecule has 6 nitrogen and oxygen atoms in total. The minimum absolute atomic E-state index is 0.0151. The maximum atomic E-state index is 12.8. The third-order valence-corrected chi connectivity index (χ3v) is 8.55. The summed E-state index contributed by atoms with van der Waals surface area (Å²) in [5.74, 6) is 2.56. The van der Waals surface area contributed by atoms with Gasteiger partial charge in [0.1, 0.15) is 0 Å². The number of urea groups is 1. The van der Waals surface area contributed by atoms with Crippen LogP contribution >= 0.6 is 11.6 Å². The zero-order valence-corrected chi connectivity index (χ0v) is 20.3. The molecule has 0 spiro atoms. The molecule has 180 valence electrons.